The zero-order valence-corrected chi connectivity index (χ0v) is 14.1. The van der Waals surface area contributed by atoms with E-state index in [0.717, 1.165) is 49.5 Å². The Bertz CT molecular complexity index is 771. The van der Waals surface area contributed by atoms with Gasteiger partial charge in [0, 0.05) is 24.0 Å². The van der Waals surface area contributed by atoms with Crippen LogP contribution in [0.25, 0.3) is 10.8 Å². The van der Waals surface area contributed by atoms with Crippen LogP contribution in [-0.2, 0) is 0 Å². The normalized spacial score (nSPS) is 29.0. The lowest BCUT2D eigenvalue weighted by atomic mass is 10.1. The summed E-state index contributed by atoms with van der Waals surface area (Å²) in [5.74, 6) is 0. The van der Waals surface area contributed by atoms with E-state index < -0.39 is 0 Å². The lowest BCUT2D eigenvalue weighted by Gasteiger charge is -2.29. The van der Waals surface area contributed by atoms with Crippen LogP contribution >= 0.6 is 0 Å². The highest BCUT2D eigenvalue weighted by molar-refractivity contribution is 5.80. The molecule has 2 aromatic rings. The second-order valence-electron chi connectivity index (χ2n) is 7.35. The van der Waals surface area contributed by atoms with E-state index in [0.29, 0.717) is 12.1 Å². The van der Waals surface area contributed by atoms with Crippen LogP contribution in [0, 0.1) is 0 Å². The monoisotopic (exact) mass is 326 g/mol. The van der Waals surface area contributed by atoms with Crippen LogP contribution in [-0.4, -0.2) is 39.9 Å². The van der Waals surface area contributed by atoms with Gasteiger partial charge in [-0.2, -0.15) is 5.10 Å². The molecule has 0 radical (unpaired) electrons. The Morgan fingerprint density at radius 2 is 1.92 bits per heavy atom. The molecule has 1 saturated carbocycles. The van der Waals surface area contributed by atoms with Gasteiger partial charge in [0.15, 0.2) is 0 Å². The van der Waals surface area contributed by atoms with Crippen LogP contribution in [0.4, 0.5) is 0 Å². The average Bonchev–Trinajstić information content (AvgIpc) is 2.98. The number of hydrogen-bond acceptors (Lipinski definition) is 4. The summed E-state index contributed by atoms with van der Waals surface area (Å²) in [4.78, 5) is 15.3. The molecule has 2 fully saturated rings. The van der Waals surface area contributed by atoms with Crippen molar-refractivity contribution < 1.29 is 0 Å². The van der Waals surface area contributed by atoms with Gasteiger partial charge in [0.25, 0.3) is 5.56 Å². The van der Waals surface area contributed by atoms with Gasteiger partial charge in [0.05, 0.1) is 17.6 Å². The molecule has 1 aromatic carbocycles. The highest BCUT2D eigenvalue weighted by atomic mass is 16.1. The molecule has 0 bridgehead atoms. The van der Waals surface area contributed by atoms with E-state index in [-0.39, 0.29) is 11.6 Å². The quantitative estimate of drug-likeness (QED) is 0.920. The summed E-state index contributed by atoms with van der Waals surface area (Å²) in [5.41, 5.74) is 6.26. The smallest absolute Gasteiger partial charge is 0.274 e. The number of fused-ring (bicyclic) bond motifs is 1. The molecule has 3 atom stereocenters. The molecule has 2 aliphatic rings. The summed E-state index contributed by atoms with van der Waals surface area (Å²) in [7, 11) is 0. The Kier molecular flexibility index (Phi) is 4.37. The minimum absolute atomic E-state index is 0.0475. The third kappa shape index (κ3) is 2.98. The fourth-order valence-electron chi connectivity index (χ4n) is 4.39. The molecule has 2 heterocycles. The first-order valence-electron chi connectivity index (χ1n) is 9.18. The van der Waals surface area contributed by atoms with Gasteiger partial charge in [-0.25, -0.2) is 4.68 Å². The fourth-order valence-corrected chi connectivity index (χ4v) is 4.39. The maximum atomic E-state index is 12.8. The van der Waals surface area contributed by atoms with Crippen molar-refractivity contribution in [2.75, 3.05) is 13.1 Å². The van der Waals surface area contributed by atoms with Crippen LogP contribution in [0.3, 0.4) is 0 Å². The van der Waals surface area contributed by atoms with Crippen LogP contribution < -0.4 is 11.3 Å². The molecule has 24 heavy (non-hydrogen) atoms. The van der Waals surface area contributed by atoms with E-state index in [1.807, 2.05) is 30.5 Å². The van der Waals surface area contributed by atoms with E-state index in [2.05, 4.69) is 10.00 Å². The van der Waals surface area contributed by atoms with Crippen LogP contribution in [0.15, 0.2) is 35.3 Å². The number of nitrogens with two attached hydrogens (primary N) is 1. The molecule has 1 aliphatic carbocycles. The summed E-state index contributed by atoms with van der Waals surface area (Å²) in [5, 5.41) is 6.16. The maximum absolute atomic E-state index is 12.8. The minimum atomic E-state index is 0.0475. The van der Waals surface area contributed by atoms with Crippen molar-refractivity contribution in [3.05, 3.63) is 40.8 Å². The molecule has 1 saturated heterocycles. The second-order valence-corrected chi connectivity index (χ2v) is 7.35. The lowest BCUT2D eigenvalue weighted by molar-refractivity contribution is 0.193. The van der Waals surface area contributed by atoms with E-state index in [4.69, 9.17) is 5.73 Å². The fraction of sp³-hybridized carbons (Fsp3) is 0.579. The van der Waals surface area contributed by atoms with Gasteiger partial charge in [-0.3, -0.25) is 9.69 Å². The van der Waals surface area contributed by atoms with Gasteiger partial charge in [-0.15, -0.1) is 0 Å². The Labute approximate surface area is 142 Å². The number of likely N-dealkylation sites (tertiary alicyclic amines) is 1. The number of nitrogens with zero attached hydrogens (tertiary/aromatic N) is 3. The molecule has 3 unspecified atom stereocenters. The molecule has 128 valence electrons. The van der Waals surface area contributed by atoms with Gasteiger partial charge in [0.2, 0.25) is 0 Å². The van der Waals surface area contributed by atoms with Crippen molar-refractivity contribution in [3.63, 3.8) is 0 Å². The molecule has 4 rings (SSSR count). The molecule has 0 spiro atoms. The molecular formula is C19H26N4O. The van der Waals surface area contributed by atoms with Crippen LogP contribution in [0.5, 0.6) is 0 Å². The number of aromatic nitrogens is 2. The van der Waals surface area contributed by atoms with Crippen LogP contribution in [0.2, 0.25) is 0 Å². The standard InChI is InChI=1S/C19H26N4O/c20-15-6-3-4-10-22(13-15)16-8-9-17(11-16)23-19(24)18-7-2-1-5-14(18)12-21-23/h1-2,5,7,12,15-17H,3-4,6,8-11,13,20H2. The summed E-state index contributed by atoms with van der Waals surface area (Å²) in [6.07, 6.45) is 8.62. The number of benzene rings is 1. The Hall–Kier alpha value is -1.72. The summed E-state index contributed by atoms with van der Waals surface area (Å²) < 4.78 is 1.72. The highest BCUT2D eigenvalue weighted by Crippen LogP contribution is 2.33. The minimum Gasteiger partial charge on any atom is -0.327 e. The highest BCUT2D eigenvalue weighted by Gasteiger charge is 2.32. The van der Waals surface area contributed by atoms with Gasteiger partial charge in [0.1, 0.15) is 0 Å². The van der Waals surface area contributed by atoms with Crippen molar-refractivity contribution >= 4 is 10.8 Å². The number of rotatable bonds is 2. The molecule has 5 nitrogen and oxygen atoms in total. The Balaban J connectivity index is 1.54. The topological polar surface area (TPSA) is 64.2 Å². The first-order chi connectivity index (χ1) is 11.7. The van der Waals surface area contributed by atoms with Crippen molar-refractivity contribution in [1.82, 2.24) is 14.7 Å². The maximum Gasteiger partial charge on any atom is 0.274 e. The summed E-state index contributed by atoms with van der Waals surface area (Å²) >= 11 is 0. The molecule has 1 aliphatic heterocycles. The molecule has 2 N–H and O–H groups in total. The third-order valence-electron chi connectivity index (χ3n) is 5.70. The SMILES string of the molecule is NC1CCCCN(C2CCC(n3ncc4ccccc4c3=O)C2)C1. The van der Waals surface area contributed by atoms with E-state index in [9.17, 15) is 4.79 Å². The molecule has 1 aromatic heterocycles. The van der Waals surface area contributed by atoms with Crippen LogP contribution in [0.1, 0.15) is 44.6 Å². The second kappa shape index (κ2) is 6.65. The number of hydrogen-bond donors (Lipinski definition) is 1. The Morgan fingerprint density at radius 3 is 2.83 bits per heavy atom. The van der Waals surface area contributed by atoms with E-state index in [1.54, 1.807) is 4.68 Å². The predicted octanol–water partition coefficient (Wildman–Crippen LogP) is 2.30. The molecule has 5 heteroatoms. The zero-order chi connectivity index (χ0) is 16.5. The Morgan fingerprint density at radius 1 is 1.08 bits per heavy atom. The molecule has 0 amide bonds. The largest absolute Gasteiger partial charge is 0.327 e. The first kappa shape index (κ1) is 15.8. The summed E-state index contributed by atoms with van der Waals surface area (Å²) in [6, 6.07) is 8.77. The third-order valence-corrected chi connectivity index (χ3v) is 5.70. The van der Waals surface area contributed by atoms with Crippen molar-refractivity contribution in [3.8, 4) is 0 Å². The van der Waals surface area contributed by atoms with Crippen molar-refractivity contribution in [2.24, 2.45) is 5.73 Å². The summed E-state index contributed by atoms with van der Waals surface area (Å²) in [6.45, 7) is 2.14. The van der Waals surface area contributed by atoms with Crippen molar-refractivity contribution in [2.45, 2.75) is 56.7 Å². The van der Waals surface area contributed by atoms with Gasteiger partial charge in [-0.05, 0) is 44.7 Å². The first-order valence-corrected chi connectivity index (χ1v) is 9.18. The van der Waals surface area contributed by atoms with E-state index >= 15 is 0 Å². The average molecular weight is 326 g/mol. The van der Waals surface area contributed by atoms with Gasteiger partial charge < -0.3 is 5.73 Å². The molecular weight excluding hydrogens is 300 g/mol. The van der Waals surface area contributed by atoms with Gasteiger partial charge in [-0.1, -0.05) is 24.6 Å². The van der Waals surface area contributed by atoms with E-state index in [1.165, 1.54) is 12.8 Å². The van der Waals surface area contributed by atoms with Gasteiger partial charge >= 0.3 is 0 Å². The zero-order valence-electron chi connectivity index (χ0n) is 14.1. The predicted molar refractivity (Wildman–Crippen MR) is 96.1 cm³/mol. The lowest BCUT2D eigenvalue weighted by Crippen LogP contribution is -2.41. The van der Waals surface area contributed by atoms with Crippen molar-refractivity contribution in [1.29, 1.82) is 0 Å².